The van der Waals surface area contributed by atoms with Crippen LogP contribution in [-0.4, -0.2) is 49.8 Å². The Bertz CT molecular complexity index is 141. The summed E-state index contributed by atoms with van der Waals surface area (Å²) in [5, 5.41) is 3.41. The van der Waals surface area contributed by atoms with Crippen molar-refractivity contribution in [3.63, 3.8) is 0 Å². The first-order valence-corrected chi connectivity index (χ1v) is 5.98. The van der Waals surface area contributed by atoms with E-state index in [4.69, 9.17) is 4.74 Å². The number of hydrogen-bond donors (Lipinski definition) is 1. The molecule has 0 radical (unpaired) electrons. The van der Waals surface area contributed by atoms with E-state index in [1.807, 2.05) is 0 Å². The summed E-state index contributed by atoms with van der Waals surface area (Å²) in [5.41, 5.74) is 0. The summed E-state index contributed by atoms with van der Waals surface area (Å²) in [5.74, 6) is 0. The molecule has 0 aliphatic rings. The van der Waals surface area contributed by atoms with Gasteiger partial charge in [0, 0.05) is 38.8 Å². The molecular formula is C12H28N2O. The fourth-order valence-corrected chi connectivity index (χ4v) is 1.71. The molecule has 1 N–H and O–H groups in total. The van der Waals surface area contributed by atoms with Gasteiger partial charge in [0.25, 0.3) is 0 Å². The molecule has 0 aliphatic carbocycles. The van der Waals surface area contributed by atoms with Crippen molar-refractivity contribution < 1.29 is 4.74 Å². The van der Waals surface area contributed by atoms with Gasteiger partial charge in [0.1, 0.15) is 0 Å². The van der Waals surface area contributed by atoms with Crippen LogP contribution in [0.25, 0.3) is 0 Å². The topological polar surface area (TPSA) is 24.5 Å². The Morgan fingerprint density at radius 1 is 1.07 bits per heavy atom. The molecule has 0 rings (SSSR count). The number of nitrogens with zero attached hydrogens (tertiary/aromatic N) is 1. The van der Waals surface area contributed by atoms with E-state index in [1.165, 1.54) is 0 Å². The zero-order valence-electron chi connectivity index (χ0n) is 11.2. The van der Waals surface area contributed by atoms with E-state index in [0.29, 0.717) is 18.2 Å². The Labute approximate surface area is 95.2 Å². The van der Waals surface area contributed by atoms with Gasteiger partial charge in [0.2, 0.25) is 0 Å². The van der Waals surface area contributed by atoms with Crippen molar-refractivity contribution in [2.45, 2.75) is 52.8 Å². The van der Waals surface area contributed by atoms with E-state index in [-0.39, 0.29) is 0 Å². The van der Waals surface area contributed by atoms with Crippen molar-refractivity contribution in [2.75, 3.05) is 26.7 Å². The smallest absolute Gasteiger partial charge is 0.0667 e. The standard InChI is InChI=1S/C12H28N2O/c1-10(2)14(11(3)4)8-7-13-9-12(5)15-6/h10-13H,7-9H2,1-6H3. The summed E-state index contributed by atoms with van der Waals surface area (Å²) >= 11 is 0. The van der Waals surface area contributed by atoms with E-state index >= 15 is 0 Å². The fourth-order valence-electron chi connectivity index (χ4n) is 1.71. The van der Waals surface area contributed by atoms with Crippen LogP contribution in [0.15, 0.2) is 0 Å². The maximum atomic E-state index is 5.18. The SMILES string of the molecule is COC(C)CNCCN(C(C)C)C(C)C. The van der Waals surface area contributed by atoms with Gasteiger partial charge < -0.3 is 10.1 Å². The average molecular weight is 216 g/mol. The van der Waals surface area contributed by atoms with Crippen LogP contribution in [-0.2, 0) is 4.74 Å². The first-order valence-electron chi connectivity index (χ1n) is 5.98. The highest BCUT2D eigenvalue weighted by molar-refractivity contribution is 4.68. The molecule has 3 nitrogen and oxygen atoms in total. The van der Waals surface area contributed by atoms with Crippen LogP contribution in [0.2, 0.25) is 0 Å². The predicted molar refractivity (Wildman–Crippen MR) is 66.3 cm³/mol. The molecule has 0 spiro atoms. The van der Waals surface area contributed by atoms with Crippen molar-refractivity contribution in [1.82, 2.24) is 10.2 Å². The summed E-state index contributed by atoms with van der Waals surface area (Å²) in [6, 6.07) is 1.23. The highest BCUT2D eigenvalue weighted by Gasteiger charge is 2.12. The molecule has 0 aromatic heterocycles. The molecule has 3 heteroatoms. The molecular weight excluding hydrogens is 188 g/mol. The monoisotopic (exact) mass is 216 g/mol. The lowest BCUT2D eigenvalue weighted by Gasteiger charge is -2.30. The molecule has 92 valence electrons. The molecule has 0 aromatic rings. The third kappa shape index (κ3) is 6.88. The van der Waals surface area contributed by atoms with Gasteiger partial charge in [-0.3, -0.25) is 4.90 Å². The van der Waals surface area contributed by atoms with Crippen LogP contribution < -0.4 is 5.32 Å². The zero-order chi connectivity index (χ0) is 11.8. The van der Waals surface area contributed by atoms with Crippen LogP contribution in [0.1, 0.15) is 34.6 Å². The summed E-state index contributed by atoms with van der Waals surface area (Å²) in [7, 11) is 1.75. The molecule has 0 aromatic carbocycles. The summed E-state index contributed by atoms with van der Waals surface area (Å²) in [6.45, 7) is 14.1. The normalized spacial score (nSPS) is 14.2. The van der Waals surface area contributed by atoms with Gasteiger partial charge in [-0.05, 0) is 34.6 Å². The Morgan fingerprint density at radius 2 is 1.60 bits per heavy atom. The Morgan fingerprint density at radius 3 is 2.00 bits per heavy atom. The average Bonchev–Trinajstić information content (AvgIpc) is 2.15. The molecule has 0 heterocycles. The highest BCUT2D eigenvalue weighted by Crippen LogP contribution is 2.03. The van der Waals surface area contributed by atoms with Gasteiger partial charge in [-0.2, -0.15) is 0 Å². The van der Waals surface area contributed by atoms with Crippen molar-refractivity contribution in [2.24, 2.45) is 0 Å². The predicted octanol–water partition coefficient (Wildman–Crippen LogP) is 1.73. The highest BCUT2D eigenvalue weighted by atomic mass is 16.5. The van der Waals surface area contributed by atoms with Crippen molar-refractivity contribution in [3.8, 4) is 0 Å². The van der Waals surface area contributed by atoms with Crippen LogP contribution in [0.4, 0.5) is 0 Å². The summed E-state index contributed by atoms with van der Waals surface area (Å²) < 4.78 is 5.18. The quantitative estimate of drug-likeness (QED) is 0.625. The van der Waals surface area contributed by atoms with E-state index in [2.05, 4.69) is 44.8 Å². The lowest BCUT2D eigenvalue weighted by molar-refractivity contribution is 0.114. The maximum Gasteiger partial charge on any atom is 0.0667 e. The summed E-state index contributed by atoms with van der Waals surface area (Å²) in [4.78, 5) is 2.49. The second kappa shape index (κ2) is 8.08. The number of methoxy groups -OCH3 is 1. The Balaban J connectivity index is 3.63. The second-order valence-corrected chi connectivity index (χ2v) is 4.68. The minimum atomic E-state index is 0.302. The van der Waals surface area contributed by atoms with Gasteiger partial charge in [0.15, 0.2) is 0 Å². The zero-order valence-corrected chi connectivity index (χ0v) is 11.2. The largest absolute Gasteiger partial charge is 0.380 e. The van der Waals surface area contributed by atoms with Crippen molar-refractivity contribution >= 4 is 0 Å². The van der Waals surface area contributed by atoms with Crippen LogP contribution >= 0.6 is 0 Å². The number of ether oxygens (including phenoxy) is 1. The van der Waals surface area contributed by atoms with Gasteiger partial charge >= 0.3 is 0 Å². The molecule has 0 saturated carbocycles. The van der Waals surface area contributed by atoms with E-state index in [1.54, 1.807) is 7.11 Å². The molecule has 0 aliphatic heterocycles. The first kappa shape index (κ1) is 14.9. The first-order chi connectivity index (χ1) is 6.99. The molecule has 0 bridgehead atoms. The minimum Gasteiger partial charge on any atom is -0.380 e. The van der Waals surface area contributed by atoms with Gasteiger partial charge in [-0.15, -0.1) is 0 Å². The third-order valence-corrected chi connectivity index (χ3v) is 2.71. The van der Waals surface area contributed by atoms with E-state index in [9.17, 15) is 0 Å². The molecule has 0 fully saturated rings. The Hall–Kier alpha value is -0.120. The van der Waals surface area contributed by atoms with Gasteiger partial charge in [0.05, 0.1) is 6.10 Å². The molecule has 1 unspecified atom stereocenters. The minimum absolute atomic E-state index is 0.302. The number of nitrogens with one attached hydrogen (secondary N) is 1. The van der Waals surface area contributed by atoms with Gasteiger partial charge in [-0.25, -0.2) is 0 Å². The lowest BCUT2D eigenvalue weighted by Crippen LogP contribution is -2.42. The number of rotatable bonds is 8. The Kier molecular flexibility index (Phi) is 8.02. The van der Waals surface area contributed by atoms with Crippen LogP contribution in [0.5, 0.6) is 0 Å². The molecule has 0 amide bonds. The van der Waals surface area contributed by atoms with E-state index in [0.717, 1.165) is 19.6 Å². The second-order valence-electron chi connectivity index (χ2n) is 4.68. The van der Waals surface area contributed by atoms with E-state index < -0.39 is 0 Å². The molecule has 0 saturated heterocycles. The third-order valence-electron chi connectivity index (χ3n) is 2.71. The fraction of sp³-hybridized carbons (Fsp3) is 1.00. The van der Waals surface area contributed by atoms with Crippen molar-refractivity contribution in [3.05, 3.63) is 0 Å². The number of hydrogen-bond acceptors (Lipinski definition) is 3. The van der Waals surface area contributed by atoms with Gasteiger partial charge in [-0.1, -0.05) is 0 Å². The maximum absolute atomic E-state index is 5.18. The van der Waals surface area contributed by atoms with Crippen LogP contribution in [0.3, 0.4) is 0 Å². The summed E-state index contributed by atoms with van der Waals surface area (Å²) in [6.07, 6.45) is 0.302. The van der Waals surface area contributed by atoms with Crippen molar-refractivity contribution in [1.29, 1.82) is 0 Å². The molecule has 1 atom stereocenters. The molecule has 15 heavy (non-hydrogen) atoms. The van der Waals surface area contributed by atoms with Crippen LogP contribution in [0, 0.1) is 0 Å². The lowest BCUT2D eigenvalue weighted by atomic mass is 10.2.